The third kappa shape index (κ3) is 3.81. The maximum Gasteiger partial charge on any atom is 0.0656 e. The van der Waals surface area contributed by atoms with E-state index in [-0.39, 0.29) is 0 Å². The van der Waals surface area contributed by atoms with Gasteiger partial charge >= 0.3 is 0 Å². The van der Waals surface area contributed by atoms with Crippen molar-refractivity contribution in [2.24, 2.45) is 0 Å². The summed E-state index contributed by atoms with van der Waals surface area (Å²) >= 11 is 0. The lowest BCUT2D eigenvalue weighted by atomic mass is 10.0. The van der Waals surface area contributed by atoms with E-state index in [1.807, 2.05) is 6.07 Å². The minimum Gasteiger partial charge on any atom is -0.378 e. The van der Waals surface area contributed by atoms with Gasteiger partial charge in [-0.3, -0.25) is 0 Å². The van der Waals surface area contributed by atoms with Crippen LogP contribution in [0.2, 0.25) is 0 Å². The lowest BCUT2D eigenvalue weighted by Crippen LogP contribution is -2.46. The standard InChI is InChI=1S/C19H21NO/c1-15-13-21-14-19(20-15)12-9-16-7-10-18(11-8-16)17-5-3-2-4-6-17/h2-12,15,19-20H,13-14H2,1H3/b12-9+. The average molecular weight is 279 g/mol. The minimum absolute atomic E-state index is 0.308. The second-order valence-corrected chi connectivity index (χ2v) is 5.56. The van der Waals surface area contributed by atoms with E-state index in [4.69, 9.17) is 4.74 Å². The molecule has 0 spiro atoms. The van der Waals surface area contributed by atoms with Crippen LogP contribution in [0.4, 0.5) is 0 Å². The molecule has 0 amide bonds. The van der Waals surface area contributed by atoms with Crippen LogP contribution in [0.3, 0.4) is 0 Å². The molecular weight excluding hydrogens is 258 g/mol. The first kappa shape index (κ1) is 14.1. The summed E-state index contributed by atoms with van der Waals surface area (Å²) in [6.45, 7) is 3.70. The van der Waals surface area contributed by atoms with Gasteiger partial charge in [0.25, 0.3) is 0 Å². The monoisotopic (exact) mass is 279 g/mol. The van der Waals surface area contributed by atoms with Crippen molar-refractivity contribution in [2.45, 2.75) is 19.0 Å². The van der Waals surface area contributed by atoms with Crippen molar-refractivity contribution >= 4 is 6.08 Å². The van der Waals surface area contributed by atoms with Crippen molar-refractivity contribution in [3.05, 3.63) is 66.2 Å². The van der Waals surface area contributed by atoms with Gasteiger partial charge in [-0.25, -0.2) is 0 Å². The fourth-order valence-corrected chi connectivity index (χ4v) is 2.59. The van der Waals surface area contributed by atoms with Crippen molar-refractivity contribution in [3.63, 3.8) is 0 Å². The Bertz CT molecular complexity index is 589. The molecule has 2 unspecified atom stereocenters. The molecule has 2 heteroatoms. The second kappa shape index (κ2) is 6.70. The van der Waals surface area contributed by atoms with Gasteiger partial charge < -0.3 is 10.1 Å². The minimum atomic E-state index is 0.308. The molecule has 1 N–H and O–H groups in total. The Kier molecular flexibility index (Phi) is 4.49. The molecule has 1 aliphatic heterocycles. The summed E-state index contributed by atoms with van der Waals surface area (Å²) in [7, 11) is 0. The summed E-state index contributed by atoms with van der Waals surface area (Å²) in [6.07, 6.45) is 4.35. The van der Waals surface area contributed by atoms with Crippen LogP contribution in [0.25, 0.3) is 17.2 Å². The van der Waals surface area contributed by atoms with E-state index in [2.05, 4.69) is 72.9 Å². The van der Waals surface area contributed by atoms with Crippen LogP contribution < -0.4 is 5.32 Å². The van der Waals surface area contributed by atoms with Crippen LogP contribution in [0.15, 0.2) is 60.7 Å². The van der Waals surface area contributed by atoms with E-state index in [0.29, 0.717) is 12.1 Å². The first-order valence-corrected chi connectivity index (χ1v) is 7.49. The summed E-state index contributed by atoms with van der Waals surface area (Å²) in [5, 5.41) is 3.51. The Labute approximate surface area is 126 Å². The van der Waals surface area contributed by atoms with E-state index in [0.717, 1.165) is 13.2 Å². The van der Waals surface area contributed by atoms with Crippen molar-refractivity contribution in [1.29, 1.82) is 0 Å². The molecule has 2 atom stereocenters. The van der Waals surface area contributed by atoms with Crippen LogP contribution in [-0.2, 0) is 4.74 Å². The third-order valence-electron chi connectivity index (χ3n) is 3.70. The maximum absolute atomic E-state index is 5.55. The molecular formula is C19H21NO. The average Bonchev–Trinajstić information content (AvgIpc) is 2.54. The zero-order chi connectivity index (χ0) is 14.5. The molecule has 2 nitrogen and oxygen atoms in total. The fourth-order valence-electron chi connectivity index (χ4n) is 2.59. The Hall–Kier alpha value is -1.90. The first-order valence-electron chi connectivity index (χ1n) is 7.49. The molecule has 21 heavy (non-hydrogen) atoms. The Morgan fingerprint density at radius 2 is 1.67 bits per heavy atom. The lowest BCUT2D eigenvalue weighted by molar-refractivity contribution is 0.0637. The predicted molar refractivity (Wildman–Crippen MR) is 88.1 cm³/mol. The van der Waals surface area contributed by atoms with Gasteiger partial charge in [-0.05, 0) is 23.6 Å². The molecule has 1 fully saturated rings. The molecule has 0 bridgehead atoms. The molecule has 2 aromatic carbocycles. The van der Waals surface area contributed by atoms with Crippen LogP contribution in [0, 0.1) is 0 Å². The first-order chi connectivity index (χ1) is 10.3. The molecule has 1 aliphatic rings. The highest BCUT2D eigenvalue weighted by atomic mass is 16.5. The molecule has 0 saturated carbocycles. The molecule has 108 valence electrons. The molecule has 0 aromatic heterocycles. The van der Waals surface area contributed by atoms with Crippen molar-refractivity contribution < 1.29 is 4.74 Å². The van der Waals surface area contributed by atoms with Gasteiger partial charge in [-0.1, -0.05) is 66.7 Å². The second-order valence-electron chi connectivity index (χ2n) is 5.56. The van der Waals surface area contributed by atoms with Crippen LogP contribution in [-0.4, -0.2) is 25.3 Å². The van der Waals surface area contributed by atoms with Crippen molar-refractivity contribution in [2.75, 3.05) is 13.2 Å². The lowest BCUT2D eigenvalue weighted by Gasteiger charge is -2.26. The third-order valence-corrected chi connectivity index (χ3v) is 3.70. The number of hydrogen-bond acceptors (Lipinski definition) is 2. The molecule has 2 aromatic rings. The Morgan fingerprint density at radius 1 is 0.952 bits per heavy atom. The highest BCUT2D eigenvalue weighted by Crippen LogP contribution is 2.19. The molecule has 1 saturated heterocycles. The zero-order valence-electron chi connectivity index (χ0n) is 12.3. The van der Waals surface area contributed by atoms with Gasteiger partial charge in [-0.2, -0.15) is 0 Å². The van der Waals surface area contributed by atoms with Crippen molar-refractivity contribution in [1.82, 2.24) is 5.32 Å². The SMILES string of the molecule is CC1COCC(/C=C/c2ccc(-c3ccccc3)cc2)N1. The van der Waals surface area contributed by atoms with Crippen LogP contribution in [0.5, 0.6) is 0 Å². The number of hydrogen-bond donors (Lipinski definition) is 1. The van der Waals surface area contributed by atoms with Gasteiger partial charge in [0.2, 0.25) is 0 Å². The van der Waals surface area contributed by atoms with Gasteiger partial charge in [0.15, 0.2) is 0 Å². The van der Waals surface area contributed by atoms with E-state index in [9.17, 15) is 0 Å². The smallest absolute Gasteiger partial charge is 0.0656 e. The molecule has 0 radical (unpaired) electrons. The number of ether oxygens (including phenoxy) is 1. The normalized spacial score (nSPS) is 22.5. The largest absolute Gasteiger partial charge is 0.378 e. The summed E-state index contributed by atoms with van der Waals surface area (Å²) in [5.74, 6) is 0. The Morgan fingerprint density at radius 3 is 2.38 bits per heavy atom. The van der Waals surface area contributed by atoms with Gasteiger partial charge in [0.1, 0.15) is 0 Å². The topological polar surface area (TPSA) is 21.3 Å². The fraction of sp³-hybridized carbons (Fsp3) is 0.263. The zero-order valence-corrected chi connectivity index (χ0v) is 12.3. The molecule has 3 rings (SSSR count). The van der Waals surface area contributed by atoms with E-state index < -0.39 is 0 Å². The van der Waals surface area contributed by atoms with Crippen molar-refractivity contribution in [3.8, 4) is 11.1 Å². The van der Waals surface area contributed by atoms with E-state index in [1.165, 1.54) is 16.7 Å². The highest BCUT2D eigenvalue weighted by molar-refractivity contribution is 5.65. The molecule has 0 aliphatic carbocycles. The summed E-state index contributed by atoms with van der Waals surface area (Å²) < 4.78 is 5.55. The van der Waals surface area contributed by atoms with Crippen LogP contribution in [0.1, 0.15) is 12.5 Å². The Balaban J connectivity index is 1.67. The summed E-state index contributed by atoms with van der Waals surface area (Å²) in [6, 6.07) is 19.8. The quantitative estimate of drug-likeness (QED) is 0.924. The number of nitrogens with one attached hydrogen (secondary N) is 1. The van der Waals surface area contributed by atoms with Gasteiger partial charge in [0.05, 0.1) is 13.2 Å². The highest BCUT2D eigenvalue weighted by Gasteiger charge is 2.15. The number of benzene rings is 2. The maximum atomic E-state index is 5.55. The van der Waals surface area contributed by atoms with Crippen LogP contribution >= 0.6 is 0 Å². The number of rotatable bonds is 3. The summed E-state index contributed by atoms with van der Waals surface area (Å²) in [4.78, 5) is 0. The number of morpholine rings is 1. The van der Waals surface area contributed by atoms with Gasteiger partial charge in [0, 0.05) is 12.1 Å². The van der Waals surface area contributed by atoms with E-state index in [1.54, 1.807) is 0 Å². The van der Waals surface area contributed by atoms with Gasteiger partial charge in [-0.15, -0.1) is 0 Å². The summed E-state index contributed by atoms with van der Waals surface area (Å²) in [5.41, 5.74) is 3.72. The molecule has 1 heterocycles. The predicted octanol–water partition coefficient (Wildman–Crippen LogP) is 3.74. The van der Waals surface area contributed by atoms with E-state index >= 15 is 0 Å².